The highest BCUT2D eigenvalue weighted by atomic mass is 16.5. The van der Waals surface area contributed by atoms with Gasteiger partial charge >= 0.3 is 5.97 Å². The van der Waals surface area contributed by atoms with Crippen molar-refractivity contribution in [2.24, 2.45) is 5.92 Å². The zero-order valence-corrected chi connectivity index (χ0v) is 13.5. The zero-order chi connectivity index (χ0) is 16.5. The molecule has 1 atom stereocenters. The molecule has 0 aliphatic heterocycles. The second kappa shape index (κ2) is 9.07. The third-order valence-corrected chi connectivity index (χ3v) is 3.67. The molecular weight excluding hydrogens is 282 g/mol. The van der Waals surface area contributed by atoms with E-state index in [1.165, 1.54) is 13.2 Å². The Morgan fingerprint density at radius 3 is 2.68 bits per heavy atom. The van der Waals surface area contributed by atoms with Gasteiger partial charge in [0.1, 0.15) is 5.75 Å². The molecule has 5 nitrogen and oxygen atoms in total. The molecule has 0 bridgehead atoms. The monoisotopic (exact) mass is 307 g/mol. The summed E-state index contributed by atoms with van der Waals surface area (Å²) in [7, 11) is 1.51. The molecule has 22 heavy (non-hydrogen) atoms. The van der Waals surface area contributed by atoms with Crippen LogP contribution in [0.3, 0.4) is 0 Å². The number of aromatic carboxylic acids is 1. The highest BCUT2D eigenvalue weighted by Gasteiger charge is 2.13. The molecular formula is C17H25NO4. The minimum absolute atomic E-state index is 0.0243. The number of amides is 1. The lowest BCUT2D eigenvalue weighted by atomic mass is 10.0. The Morgan fingerprint density at radius 2 is 2.09 bits per heavy atom. The lowest BCUT2D eigenvalue weighted by Crippen LogP contribution is -2.30. The topological polar surface area (TPSA) is 75.6 Å². The molecule has 1 aromatic carbocycles. The molecule has 0 spiro atoms. The number of ether oxygens (including phenoxy) is 1. The number of carbonyl (C=O) groups excluding carboxylic acids is 1. The molecule has 0 aliphatic carbocycles. The number of carboxylic acid groups (broad SMARTS) is 1. The molecule has 0 heterocycles. The van der Waals surface area contributed by atoms with E-state index in [-0.39, 0.29) is 17.4 Å². The van der Waals surface area contributed by atoms with E-state index in [1.54, 1.807) is 12.1 Å². The predicted octanol–water partition coefficient (Wildman–Crippen LogP) is 2.88. The summed E-state index contributed by atoms with van der Waals surface area (Å²) < 4.78 is 5.22. The first-order valence-corrected chi connectivity index (χ1v) is 7.67. The van der Waals surface area contributed by atoms with Crippen LogP contribution in [0.25, 0.3) is 0 Å². The van der Waals surface area contributed by atoms with E-state index in [2.05, 4.69) is 12.2 Å². The highest BCUT2D eigenvalue weighted by molar-refractivity contribution is 5.88. The smallest absolute Gasteiger partial charge is 0.335 e. The summed E-state index contributed by atoms with van der Waals surface area (Å²) in [5.41, 5.74) is 1.08. The normalized spacial score (nSPS) is 11.8. The molecule has 0 saturated carbocycles. The van der Waals surface area contributed by atoms with Gasteiger partial charge in [-0.05, 0) is 30.5 Å². The summed E-state index contributed by atoms with van der Waals surface area (Å²) in [6.45, 7) is 4.56. The summed E-state index contributed by atoms with van der Waals surface area (Å²) in [6.07, 6.45) is 3.65. The lowest BCUT2D eigenvalue weighted by Gasteiger charge is -2.13. The van der Waals surface area contributed by atoms with Crippen LogP contribution in [0.2, 0.25) is 0 Å². The van der Waals surface area contributed by atoms with Crippen molar-refractivity contribution in [3.63, 3.8) is 0 Å². The molecule has 0 aromatic heterocycles. The van der Waals surface area contributed by atoms with Gasteiger partial charge in [0, 0.05) is 12.5 Å². The van der Waals surface area contributed by atoms with E-state index in [0.717, 1.165) is 24.8 Å². The Labute approximate surface area is 131 Å². The molecule has 1 unspecified atom stereocenters. The first-order chi connectivity index (χ1) is 10.5. The molecule has 1 amide bonds. The quantitative estimate of drug-likeness (QED) is 0.735. The third kappa shape index (κ3) is 5.39. The van der Waals surface area contributed by atoms with Crippen LogP contribution in [0.15, 0.2) is 18.2 Å². The van der Waals surface area contributed by atoms with Gasteiger partial charge in [0.15, 0.2) is 0 Å². The van der Waals surface area contributed by atoms with Crippen LogP contribution in [0.5, 0.6) is 5.75 Å². The van der Waals surface area contributed by atoms with Crippen molar-refractivity contribution in [2.45, 2.75) is 39.5 Å². The fraction of sp³-hybridized carbons (Fsp3) is 0.529. The van der Waals surface area contributed by atoms with Crippen LogP contribution in [-0.2, 0) is 11.2 Å². The number of hydrogen-bond acceptors (Lipinski definition) is 3. The highest BCUT2D eigenvalue weighted by Crippen LogP contribution is 2.20. The number of nitrogens with one attached hydrogen (secondary N) is 1. The number of unbranched alkanes of at least 4 members (excludes halogenated alkanes) is 1. The van der Waals surface area contributed by atoms with Gasteiger partial charge < -0.3 is 15.2 Å². The Balaban J connectivity index is 2.54. The van der Waals surface area contributed by atoms with Crippen molar-refractivity contribution < 1.29 is 19.4 Å². The van der Waals surface area contributed by atoms with Crippen LogP contribution < -0.4 is 10.1 Å². The number of hydrogen-bond donors (Lipinski definition) is 2. The number of methoxy groups -OCH3 is 1. The zero-order valence-electron chi connectivity index (χ0n) is 13.5. The van der Waals surface area contributed by atoms with Crippen molar-refractivity contribution in [1.82, 2.24) is 5.32 Å². The largest absolute Gasteiger partial charge is 0.496 e. The maximum Gasteiger partial charge on any atom is 0.335 e. The first kappa shape index (κ1) is 18.0. The van der Waals surface area contributed by atoms with Gasteiger partial charge in [-0.2, -0.15) is 0 Å². The van der Waals surface area contributed by atoms with E-state index in [1.807, 2.05) is 6.92 Å². The average molecular weight is 307 g/mol. The second-order valence-corrected chi connectivity index (χ2v) is 5.42. The Bertz CT molecular complexity index is 513. The van der Waals surface area contributed by atoms with Gasteiger partial charge in [-0.25, -0.2) is 4.79 Å². The van der Waals surface area contributed by atoms with Gasteiger partial charge in [0.05, 0.1) is 12.7 Å². The van der Waals surface area contributed by atoms with Gasteiger partial charge in [0.25, 0.3) is 0 Å². The molecule has 5 heteroatoms. The maximum atomic E-state index is 11.9. The second-order valence-electron chi connectivity index (χ2n) is 5.42. The lowest BCUT2D eigenvalue weighted by molar-refractivity contribution is -0.124. The van der Waals surface area contributed by atoms with Crippen LogP contribution >= 0.6 is 0 Å². The SMILES string of the molecule is CCCCC(C)C(=O)NCCc1ccc(C(=O)O)cc1OC. The van der Waals surface area contributed by atoms with Gasteiger partial charge in [-0.15, -0.1) is 0 Å². The van der Waals surface area contributed by atoms with E-state index in [4.69, 9.17) is 9.84 Å². The maximum absolute atomic E-state index is 11.9. The van der Waals surface area contributed by atoms with Crippen molar-refractivity contribution in [1.29, 1.82) is 0 Å². The van der Waals surface area contributed by atoms with Crippen LogP contribution in [0.4, 0.5) is 0 Å². The number of rotatable bonds is 9. The van der Waals surface area contributed by atoms with Gasteiger partial charge in [0.2, 0.25) is 5.91 Å². The fourth-order valence-corrected chi connectivity index (χ4v) is 2.22. The summed E-state index contributed by atoms with van der Waals surface area (Å²) in [6, 6.07) is 4.78. The first-order valence-electron chi connectivity index (χ1n) is 7.67. The minimum atomic E-state index is -0.983. The minimum Gasteiger partial charge on any atom is -0.496 e. The summed E-state index contributed by atoms with van der Waals surface area (Å²) in [5.74, 6) is -0.359. The van der Waals surface area contributed by atoms with Crippen LogP contribution in [-0.4, -0.2) is 30.6 Å². The molecule has 0 saturated heterocycles. The number of carboxylic acids is 1. The Hall–Kier alpha value is -2.04. The molecule has 0 fully saturated rings. The number of carbonyl (C=O) groups is 2. The molecule has 1 rings (SSSR count). The van der Waals surface area contributed by atoms with Crippen molar-refractivity contribution >= 4 is 11.9 Å². The summed E-state index contributed by atoms with van der Waals surface area (Å²) >= 11 is 0. The number of benzene rings is 1. The summed E-state index contributed by atoms with van der Waals surface area (Å²) in [4.78, 5) is 22.8. The third-order valence-electron chi connectivity index (χ3n) is 3.67. The van der Waals surface area contributed by atoms with Crippen molar-refractivity contribution in [3.8, 4) is 5.75 Å². The molecule has 0 aliphatic rings. The van der Waals surface area contributed by atoms with E-state index < -0.39 is 5.97 Å². The van der Waals surface area contributed by atoms with Crippen molar-refractivity contribution in [3.05, 3.63) is 29.3 Å². The molecule has 2 N–H and O–H groups in total. The van der Waals surface area contributed by atoms with Crippen molar-refractivity contribution in [2.75, 3.05) is 13.7 Å². The Morgan fingerprint density at radius 1 is 1.36 bits per heavy atom. The average Bonchev–Trinajstić information content (AvgIpc) is 2.52. The predicted molar refractivity (Wildman–Crippen MR) is 85.4 cm³/mol. The Kier molecular flexibility index (Phi) is 7.43. The van der Waals surface area contributed by atoms with Crippen LogP contribution in [0, 0.1) is 5.92 Å². The fourth-order valence-electron chi connectivity index (χ4n) is 2.22. The van der Waals surface area contributed by atoms with Gasteiger partial charge in [-0.3, -0.25) is 4.79 Å². The van der Waals surface area contributed by atoms with Gasteiger partial charge in [-0.1, -0.05) is 32.8 Å². The van der Waals surface area contributed by atoms with Crippen LogP contribution in [0.1, 0.15) is 49.0 Å². The van der Waals surface area contributed by atoms with E-state index >= 15 is 0 Å². The molecule has 1 aromatic rings. The summed E-state index contributed by atoms with van der Waals surface area (Å²) in [5, 5.41) is 11.9. The standard InChI is InChI=1S/C17H25NO4/c1-4-5-6-12(2)16(19)18-10-9-13-7-8-14(17(20)21)11-15(13)22-3/h7-8,11-12H,4-6,9-10H2,1-3H3,(H,18,19)(H,20,21). The molecule has 0 radical (unpaired) electrons. The molecule has 122 valence electrons. The van der Waals surface area contributed by atoms with E-state index in [0.29, 0.717) is 18.7 Å². The van der Waals surface area contributed by atoms with E-state index in [9.17, 15) is 9.59 Å².